The molecule has 33 heteroatoms. The number of para-hydroxylation sites is 1. The molecule has 20 aromatic rings. The maximum atomic E-state index is 12.5. The Morgan fingerprint density at radius 3 is 1.07 bits per heavy atom. The number of anilines is 5. The summed E-state index contributed by atoms with van der Waals surface area (Å²) in [5.74, 6) is 6.26. The summed E-state index contributed by atoms with van der Waals surface area (Å²) in [6.45, 7) is 20.6. The van der Waals surface area contributed by atoms with Crippen molar-refractivity contribution in [2.24, 2.45) is 0 Å². The van der Waals surface area contributed by atoms with E-state index < -0.39 is 0 Å². The van der Waals surface area contributed by atoms with Crippen LogP contribution < -0.4 is 63.9 Å². The summed E-state index contributed by atoms with van der Waals surface area (Å²) >= 11 is 6.05. The van der Waals surface area contributed by atoms with Crippen LogP contribution in [0.25, 0.3) is 85.8 Å². The van der Waals surface area contributed by atoms with Crippen molar-refractivity contribution in [1.82, 2.24) is 97.9 Å². The maximum Gasteiger partial charge on any atom is 0.274 e. The number of nitrogens with zero attached hydrogens (tertiary/aromatic N) is 15. The van der Waals surface area contributed by atoms with E-state index in [1.54, 1.807) is 32.4 Å². The molecule has 10 N–H and O–H groups in total. The number of nitrogens with one attached hydrogen (secondary N) is 10. The van der Waals surface area contributed by atoms with Crippen molar-refractivity contribution in [3.63, 3.8) is 0 Å². The third kappa shape index (κ3) is 21.8. The first-order valence-electron chi connectivity index (χ1n) is 43.6. The summed E-state index contributed by atoms with van der Waals surface area (Å²) in [6, 6.07) is 82.2. The van der Waals surface area contributed by atoms with Crippen molar-refractivity contribution < 1.29 is 9.47 Å². The molecular formula is C102H98ClN25O7. The highest BCUT2D eigenvalue weighted by Gasteiger charge is 2.19. The molecule has 0 radical (unpaired) electrons. The van der Waals surface area contributed by atoms with Gasteiger partial charge in [-0.2, -0.15) is 47.5 Å². The lowest BCUT2D eigenvalue weighted by Crippen LogP contribution is -2.17. The highest BCUT2D eigenvalue weighted by atomic mass is 35.5. The molecular weight excluding hydrogens is 1720 g/mol. The van der Waals surface area contributed by atoms with E-state index in [4.69, 9.17) is 21.1 Å². The maximum absolute atomic E-state index is 12.5. The van der Waals surface area contributed by atoms with Crippen LogP contribution in [0.5, 0.6) is 11.5 Å². The van der Waals surface area contributed by atoms with Crippen molar-refractivity contribution in [1.29, 1.82) is 0 Å². The topological polar surface area (TPSA) is 394 Å². The van der Waals surface area contributed by atoms with Crippen LogP contribution in [-0.4, -0.2) is 112 Å². The summed E-state index contributed by atoms with van der Waals surface area (Å²) in [7, 11) is 3.20. The summed E-state index contributed by atoms with van der Waals surface area (Å²) in [4.78, 5) is 107. The van der Waals surface area contributed by atoms with E-state index in [9.17, 15) is 24.0 Å². The van der Waals surface area contributed by atoms with Gasteiger partial charge in [-0.25, -0.2) is 24.9 Å². The van der Waals surface area contributed by atoms with Crippen molar-refractivity contribution in [3.05, 3.63) is 396 Å². The number of methoxy groups -OCH3 is 2. The quantitative estimate of drug-likeness (QED) is 0.0284. The van der Waals surface area contributed by atoms with Crippen molar-refractivity contribution in [2.75, 3.05) is 40.8 Å². The van der Waals surface area contributed by atoms with Crippen LogP contribution in [0.4, 0.5) is 28.4 Å². The first-order valence-corrected chi connectivity index (χ1v) is 44.0. The average molecular weight is 1820 g/mol. The van der Waals surface area contributed by atoms with Crippen LogP contribution in [0.2, 0.25) is 5.02 Å². The van der Waals surface area contributed by atoms with Crippen LogP contribution in [0.1, 0.15) is 85.5 Å². The van der Waals surface area contributed by atoms with Gasteiger partial charge < -0.3 is 36.1 Å². The predicted octanol–water partition coefficient (Wildman–Crippen LogP) is 17.2. The summed E-state index contributed by atoms with van der Waals surface area (Å²) < 4.78 is 17.3. The zero-order chi connectivity index (χ0) is 94.3. The molecule has 0 bridgehead atoms. The minimum Gasteiger partial charge on any atom is -0.497 e. The molecule has 10 aromatic heterocycles. The standard InChI is InChI=1S/2C21H21N5O.C20H18ClN5O2.C20H19N5O2.C20H19N5O/c1-13-7-4-5-10-17(13)20-24-21-23-16(11-18(27)26(21)25-20)12-22-19-14(2)8-6-9-15(19)3;1-3-15-8-10-16(11-9-15)22-13-17-12-19(27)26-21(23-17)24-20(25-26)18-7-5-4-6-14(18)2;1-12-5-3-4-6-15(12)19-24-20-23-14(10-18(27)26(20)25-19)11-22-16-9-13(21)7-8-17(16)28-2;1-13-3-7-15(8-4-13)21-12-16-11-18(26)25-20(22-16)23-19(24-25)14-5-9-17(27-2)10-6-14;1-13-7-6-10-17(14(13)2)21-12-16-11-18(26)25-20(22-16)23-19(24-25)15-8-4-3-5-9-15/h4-11,22H,12H2,1-3H3,(H,23,24,25);4-12,22H,3,13H2,1-2H3,(H,23,24,25);3-10,22H,11H2,1-2H3,(H,23,24,25);3-11,21H,12H2,1-2H3,(H,22,23,24);3-11,21H,12H2,1-2H3,(H,22,23,24). The lowest BCUT2D eigenvalue weighted by Gasteiger charge is -2.12. The molecule has 0 aliphatic rings. The number of hydrogen-bond acceptors (Lipinski definition) is 22. The average Bonchev–Trinajstić information content (AvgIpc) is 1.67. The zero-order valence-electron chi connectivity index (χ0n) is 76.0. The Morgan fingerprint density at radius 1 is 0.311 bits per heavy atom. The number of fused-ring (bicyclic) bond motifs is 5. The third-order valence-electron chi connectivity index (χ3n) is 22.5. The Balaban J connectivity index is 0.000000123. The van der Waals surface area contributed by atoms with Gasteiger partial charge in [-0.1, -0.05) is 182 Å². The summed E-state index contributed by atoms with van der Waals surface area (Å²) in [5, 5.41) is 32.2. The van der Waals surface area contributed by atoms with Crippen molar-refractivity contribution in [2.45, 2.75) is 101 Å². The molecule has 20 rings (SSSR count). The third-order valence-corrected chi connectivity index (χ3v) is 22.7. The number of H-pyrrole nitrogens is 5. The van der Waals surface area contributed by atoms with Gasteiger partial charge in [-0.15, -0.1) is 0 Å². The van der Waals surface area contributed by atoms with Gasteiger partial charge in [-0.05, 0) is 179 Å². The van der Waals surface area contributed by atoms with Gasteiger partial charge in [0, 0.05) is 85.9 Å². The molecule has 0 atom stereocenters. The monoisotopic (exact) mass is 1820 g/mol. The number of aromatic nitrogens is 20. The fraction of sp³-hybridized carbons (Fsp3) is 0.167. The van der Waals surface area contributed by atoms with E-state index in [-0.39, 0.29) is 27.8 Å². The van der Waals surface area contributed by atoms with Crippen LogP contribution in [0.15, 0.2) is 285 Å². The number of benzene rings is 10. The van der Waals surface area contributed by atoms with E-state index in [1.807, 2.05) is 210 Å². The van der Waals surface area contributed by atoms with E-state index >= 15 is 0 Å². The molecule has 0 fully saturated rings. The summed E-state index contributed by atoms with van der Waals surface area (Å²) in [5.41, 5.74) is 22.1. The number of aryl methyl sites for hydroxylation is 8. The van der Waals surface area contributed by atoms with Gasteiger partial charge in [-0.3, -0.25) is 49.5 Å². The molecule has 135 heavy (non-hydrogen) atoms. The largest absolute Gasteiger partial charge is 0.497 e. The predicted molar refractivity (Wildman–Crippen MR) is 529 cm³/mol. The SMILES string of the molecule is CCc1ccc(NCc2cc(=O)n3[nH]c(-c4ccccc4C)nc3n2)cc1.COc1ccc(-c2nc3nc(CNc4ccc(C)cc4)cc(=O)n3[nH]2)cc1.COc1ccc(Cl)cc1NCc1cc(=O)n2[nH]c(-c3ccccc3C)nc2n1.Cc1cccc(NCc2cc(=O)n3[nH]c(-c4ccccc4)nc3n2)c1C.Cc1ccccc1-c1nc2nc(CNc3c(C)cccc3C)cc(=O)n2[nH]1. The fourth-order valence-electron chi connectivity index (χ4n) is 14.9. The molecule has 0 amide bonds. The lowest BCUT2D eigenvalue weighted by molar-refractivity contribution is 0.415. The van der Waals surface area contributed by atoms with Gasteiger partial charge in [0.25, 0.3) is 56.7 Å². The number of hydrogen-bond donors (Lipinski definition) is 10. The second kappa shape index (κ2) is 41.3. The van der Waals surface area contributed by atoms with E-state index in [1.165, 1.54) is 75.2 Å². The van der Waals surface area contributed by atoms with Crippen LogP contribution >= 0.6 is 11.6 Å². The van der Waals surface area contributed by atoms with Crippen molar-refractivity contribution in [3.8, 4) is 68.4 Å². The molecule has 32 nitrogen and oxygen atoms in total. The molecule has 10 aromatic carbocycles. The number of rotatable bonds is 23. The molecule has 0 saturated heterocycles. The second-order valence-electron chi connectivity index (χ2n) is 32.0. The highest BCUT2D eigenvalue weighted by molar-refractivity contribution is 6.31. The minimum absolute atomic E-state index is 0.175. The molecule has 0 unspecified atom stereocenters. The molecule has 680 valence electrons. The van der Waals surface area contributed by atoms with E-state index in [0.717, 1.165) is 96.2 Å². The molecule has 0 aliphatic heterocycles. The lowest BCUT2D eigenvalue weighted by atomic mass is 10.1. The fourth-order valence-corrected chi connectivity index (χ4v) is 15.1. The first-order chi connectivity index (χ1) is 65.4. The Morgan fingerprint density at radius 2 is 0.659 bits per heavy atom. The molecule has 0 aliphatic carbocycles. The Labute approximate surface area is 778 Å². The van der Waals surface area contributed by atoms with Crippen LogP contribution in [0.3, 0.4) is 0 Å². The normalized spacial score (nSPS) is 11.0. The number of halogens is 1. The van der Waals surface area contributed by atoms with Crippen molar-refractivity contribution >= 4 is 68.9 Å². The van der Waals surface area contributed by atoms with Crippen LogP contribution in [-0.2, 0) is 39.1 Å². The minimum atomic E-state index is -0.229. The van der Waals surface area contributed by atoms with Gasteiger partial charge in [0.2, 0.25) is 0 Å². The van der Waals surface area contributed by atoms with Gasteiger partial charge in [0.15, 0.2) is 29.1 Å². The highest BCUT2D eigenvalue weighted by Crippen LogP contribution is 2.30. The Hall–Kier alpha value is -17.2. The molecule has 0 saturated carbocycles. The zero-order valence-corrected chi connectivity index (χ0v) is 76.8. The summed E-state index contributed by atoms with van der Waals surface area (Å²) in [6.07, 6.45) is 1.01. The smallest absolute Gasteiger partial charge is 0.274 e. The molecule has 0 spiro atoms. The van der Waals surface area contributed by atoms with Gasteiger partial charge in [0.05, 0.1) is 81.1 Å². The number of aromatic amines is 5. The van der Waals surface area contributed by atoms with Gasteiger partial charge in [0.1, 0.15) is 11.5 Å². The Bertz CT molecular complexity index is 7950. The Kier molecular flexibility index (Phi) is 27.9. The van der Waals surface area contributed by atoms with E-state index in [2.05, 4.69) is 167 Å². The number of ether oxygens (including phenoxy) is 2. The van der Waals surface area contributed by atoms with Crippen LogP contribution in [0, 0.1) is 55.4 Å². The molecule has 10 heterocycles. The second-order valence-corrected chi connectivity index (χ2v) is 32.5. The first kappa shape index (κ1) is 91.2. The van der Waals surface area contributed by atoms with Gasteiger partial charge >= 0.3 is 0 Å². The van der Waals surface area contributed by atoms with E-state index in [0.29, 0.717) is 130 Å².